The molecule has 0 aliphatic carbocycles. The molecule has 0 saturated carbocycles. The molecule has 8 heteroatoms. The lowest BCUT2D eigenvalue weighted by Gasteiger charge is -2.20. The van der Waals surface area contributed by atoms with Crippen molar-refractivity contribution in [1.29, 1.82) is 0 Å². The first-order valence-electron chi connectivity index (χ1n) is 8.93. The zero-order valence-electron chi connectivity index (χ0n) is 16.7. The summed E-state index contributed by atoms with van der Waals surface area (Å²) in [5, 5.41) is 0. The maximum atomic E-state index is 12.4. The summed E-state index contributed by atoms with van der Waals surface area (Å²) < 4.78 is 20.5. The monoisotopic (exact) mass is 394 g/mol. The molecule has 1 unspecified atom stereocenters. The minimum atomic E-state index is -0.956. The van der Waals surface area contributed by atoms with E-state index >= 15 is 0 Å². The number of ether oxygens (including phenoxy) is 4. The number of esters is 4. The molecule has 0 aromatic heterocycles. The van der Waals surface area contributed by atoms with Crippen molar-refractivity contribution in [3.63, 3.8) is 0 Å². The van der Waals surface area contributed by atoms with Crippen molar-refractivity contribution in [3.8, 4) is 5.75 Å². The predicted octanol–water partition coefficient (Wildman–Crippen LogP) is 2.54. The van der Waals surface area contributed by atoms with Crippen LogP contribution in [0.4, 0.5) is 0 Å². The van der Waals surface area contributed by atoms with Crippen LogP contribution in [0.3, 0.4) is 0 Å². The molecule has 0 radical (unpaired) electrons. The Kier molecular flexibility index (Phi) is 9.14. The third kappa shape index (κ3) is 7.77. The summed E-state index contributed by atoms with van der Waals surface area (Å²) in [6.07, 6.45) is -0.956. The zero-order valence-corrected chi connectivity index (χ0v) is 16.7. The van der Waals surface area contributed by atoms with E-state index in [1.54, 1.807) is 39.8 Å². The van der Waals surface area contributed by atoms with Gasteiger partial charge >= 0.3 is 23.9 Å². The quantitative estimate of drug-likeness (QED) is 0.357. The van der Waals surface area contributed by atoms with Crippen molar-refractivity contribution in [2.24, 2.45) is 11.8 Å². The average molecular weight is 394 g/mol. The molecular weight excluding hydrogens is 368 g/mol. The molecule has 28 heavy (non-hydrogen) atoms. The van der Waals surface area contributed by atoms with Crippen molar-refractivity contribution < 1.29 is 38.1 Å². The Bertz CT molecular complexity index is 708. The number of carbonyl (C=O) groups is 4. The molecule has 0 saturated heterocycles. The Labute approximate surface area is 164 Å². The number of benzene rings is 1. The van der Waals surface area contributed by atoms with Crippen molar-refractivity contribution in [2.75, 3.05) is 13.2 Å². The fourth-order valence-corrected chi connectivity index (χ4v) is 1.88. The third-order valence-electron chi connectivity index (χ3n) is 3.40. The predicted molar refractivity (Wildman–Crippen MR) is 98.5 cm³/mol. The van der Waals surface area contributed by atoms with E-state index in [-0.39, 0.29) is 30.4 Å². The third-order valence-corrected chi connectivity index (χ3v) is 3.40. The molecule has 1 rings (SSSR count). The van der Waals surface area contributed by atoms with Crippen molar-refractivity contribution >= 4 is 23.9 Å². The van der Waals surface area contributed by atoms with Gasteiger partial charge in [-0.2, -0.15) is 0 Å². The van der Waals surface area contributed by atoms with Crippen LogP contribution in [-0.2, 0) is 28.6 Å². The van der Waals surface area contributed by atoms with Gasteiger partial charge in [0, 0.05) is 6.92 Å². The second-order valence-electron chi connectivity index (χ2n) is 6.69. The van der Waals surface area contributed by atoms with Gasteiger partial charge in [0.25, 0.3) is 0 Å². The maximum absolute atomic E-state index is 12.4. The highest BCUT2D eigenvalue weighted by Gasteiger charge is 2.23. The SMILES string of the molecule is CC(=O)Oc1ccccc1C(=O)OCC(COC(=O)C(C)C)OC(=O)C(C)C. The summed E-state index contributed by atoms with van der Waals surface area (Å²) in [7, 11) is 0. The molecule has 1 aromatic rings. The summed E-state index contributed by atoms with van der Waals surface area (Å²) in [6, 6.07) is 6.09. The molecule has 154 valence electrons. The number of rotatable bonds is 9. The van der Waals surface area contributed by atoms with Gasteiger partial charge in [-0.05, 0) is 12.1 Å². The minimum absolute atomic E-state index is 0.0470. The number of hydrogen-bond acceptors (Lipinski definition) is 8. The van der Waals surface area contributed by atoms with E-state index in [0.717, 1.165) is 0 Å². The first-order valence-corrected chi connectivity index (χ1v) is 8.93. The van der Waals surface area contributed by atoms with Gasteiger partial charge in [0.2, 0.25) is 0 Å². The molecular formula is C20H26O8. The topological polar surface area (TPSA) is 105 Å². The van der Waals surface area contributed by atoms with Crippen molar-refractivity contribution in [2.45, 2.75) is 40.7 Å². The molecule has 0 N–H and O–H groups in total. The van der Waals surface area contributed by atoms with Crippen LogP contribution >= 0.6 is 0 Å². The van der Waals surface area contributed by atoms with E-state index in [1.165, 1.54) is 19.1 Å². The molecule has 0 heterocycles. The number of para-hydroxylation sites is 1. The standard InChI is InChI=1S/C20H26O8/c1-12(2)18(22)25-10-15(28-19(23)13(3)4)11-26-20(24)16-8-6-7-9-17(16)27-14(5)21/h6-9,12-13,15H,10-11H2,1-5H3. The molecule has 0 bridgehead atoms. The first kappa shape index (κ1) is 23.1. The van der Waals surface area contributed by atoms with Crippen molar-refractivity contribution in [3.05, 3.63) is 29.8 Å². The Morgan fingerprint density at radius 3 is 2.00 bits per heavy atom. The van der Waals surface area contributed by atoms with Gasteiger partial charge in [0.05, 0.1) is 11.8 Å². The lowest BCUT2D eigenvalue weighted by Crippen LogP contribution is -2.32. The van der Waals surface area contributed by atoms with E-state index in [2.05, 4.69) is 0 Å². The normalized spacial score (nSPS) is 11.7. The molecule has 0 spiro atoms. The van der Waals surface area contributed by atoms with E-state index in [1.807, 2.05) is 0 Å². The number of carbonyl (C=O) groups excluding carboxylic acids is 4. The van der Waals surface area contributed by atoms with Gasteiger partial charge in [-0.15, -0.1) is 0 Å². The lowest BCUT2D eigenvalue weighted by molar-refractivity contribution is -0.165. The first-order chi connectivity index (χ1) is 13.1. The highest BCUT2D eigenvalue weighted by Crippen LogP contribution is 2.19. The summed E-state index contributed by atoms with van der Waals surface area (Å²) in [6.45, 7) is 7.30. The molecule has 8 nitrogen and oxygen atoms in total. The van der Waals surface area contributed by atoms with Crippen LogP contribution in [0.15, 0.2) is 24.3 Å². The van der Waals surface area contributed by atoms with Gasteiger partial charge in [0.1, 0.15) is 24.5 Å². The lowest BCUT2D eigenvalue weighted by atomic mass is 10.2. The smallest absolute Gasteiger partial charge is 0.342 e. The molecule has 0 aliphatic heterocycles. The second kappa shape index (κ2) is 11.1. The summed E-state index contributed by atoms with van der Waals surface area (Å²) in [4.78, 5) is 47.0. The molecule has 0 aliphatic rings. The van der Waals surface area contributed by atoms with Crippen LogP contribution in [0, 0.1) is 11.8 Å². The largest absolute Gasteiger partial charge is 0.461 e. The second-order valence-corrected chi connectivity index (χ2v) is 6.69. The van der Waals surface area contributed by atoms with Gasteiger partial charge in [-0.25, -0.2) is 4.79 Å². The van der Waals surface area contributed by atoms with Gasteiger partial charge in [0.15, 0.2) is 6.10 Å². The Hall–Kier alpha value is -2.90. The Morgan fingerprint density at radius 2 is 1.43 bits per heavy atom. The van der Waals surface area contributed by atoms with Crippen LogP contribution in [0.25, 0.3) is 0 Å². The maximum Gasteiger partial charge on any atom is 0.342 e. The zero-order chi connectivity index (χ0) is 21.3. The van der Waals surface area contributed by atoms with E-state index in [9.17, 15) is 19.2 Å². The van der Waals surface area contributed by atoms with Crippen molar-refractivity contribution in [1.82, 2.24) is 0 Å². The highest BCUT2D eigenvalue weighted by atomic mass is 16.6. The van der Waals surface area contributed by atoms with Gasteiger partial charge in [-0.1, -0.05) is 39.8 Å². The van der Waals surface area contributed by atoms with Gasteiger partial charge in [-0.3, -0.25) is 14.4 Å². The minimum Gasteiger partial charge on any atom is -0.461 e. The summed E-state index contributed by atoms with van der Waals surface area (Å²) >= 11 is 0. The Morgan fingerprint density at radius 1 is 0.857 bits per heavy atom. The van der Waals surface area contributed by atoms with Crippen LogP contribution in [0.2, 0.25) is 0 Å². The Balaban J connectivity index is 2.80. The van der Waals surface area contributed by atoms with Crippen LogP contribution in [-0.4, -0.2) is 43.2 Å². The number of hydrogen-bond donors (Lipinski definition) is 0. The average Bonchev–Trinajstić information content (AvgIpc) is 2.62. The van der Waals surface area contributed by atoms with Gasteiger partial charge < -0.3 is 18.9 Å². The van der Waals surface area contributed by atoms with E-state index < -0.39 is 35.9 Å². The molecule has 1 atom stereocenters. The summed E-state index contributed by atoms with van der Waals surface area (Å²) in [5.41, 5.74) is 0.0470. The van der Waals surface area contributed by atoms with Crippen LogP contribution in [0.5, 0.6) is 5.75 Å². The highest BCUT2D eigenvalue weighted by molar-refractivity contribution is 5.93. The fourth-order valence-electron chi connectivity index (χ4n) is 1.88. The van der Waals surface area contributed by atoms with Crippen LogP contribution in [0.1, 0.15) is 45.0 Å². The molecule has 1 aromatic carbocycles. The summed E-state index contributed by atoms with van der Waals surface area (Å²) in [5.74, 6) is -3.01. The molecule has 0 fully saturated rings. The van der Waals surface area contributed by atoms with Crippen LogP contribution < -0.4 is 4.74 Å². The van der Waals surface area contributed by atoms with E-state index in [4.69, 9.17) is 18.9 Å². The van der Waals surface area contributed by atoms with E-state index in [0.29, 0.717) is 0 Å². The fraction of sp³-hybridized carbons (Fsp3) is 0.500. The molecule has 0 amide bonds.